The highest BCUT2D eigenvalue weighted by Gasteiger charge is 2.23. The maximum absolute atomic E-state index is 12.6. The minimum atomic E-state index is -0.276. The first kappa shape index (κ1) is 25.8. The molecule has 0 radical (unpaired) electrons. The van der Waals surface area contributed by atoms with E-state index in [4.69, 9.17) is 11.6 Å². The second-order valence-electron chi connectivity index (χ2n) is 8.71. The number of amides is 4. The van der Waals surface area contributed by atoms with E-state index in [0.717, 1.165) is 12.1 Å². The van der Waals surface area contributed by atoms with Gasteiger partial charge in [-0.25, -0.2) is 4.79 Å². The summed E-state index contributed by atoms with van der Waals surface area (Å²) in [5.41, 5.74) is 1.44. The molecule has 9 heteroatoms. The highest BCUT2D eigenvalue weighted by molar-refractivity contribution is 6.33. The van der Waals surface area contributed by atoms with Crippen molar-refractivity contribution in [3.8, 4) is 0 Å². The van der Waals surface area contributed by atoms with Gasteiger partial charge < -0.3 is 25.3 Å². The molecule has 4 amide bonds. The molecule has 2 N–H and O–H groups in total. The van der Waals surface area contributed by atoms with Gasteiger partial charge in [0.2, 0.25) is 11.8 Å². The average molecular weight is 466 g/mol. The minimum Gasteiger partial charge on any atom is -0.368 e. The van der Waals surface area contributed by atoms with Crippen LogP contribution in [0.4, 0.5) is 16.2 Å². The largest absolute Gasteiger partial charge is 0.368 e. The molecule has 8 nitrogen and oxygen atoms in total. The molecule has 1 aromatic rings. The molecule has 0 unspecified atom stereocenters. The number of halogens is 1. The lowest BCUT2D eigenvalue weighted by atomic mass is 10.2. The van der Waals surface area contributed by atoms with Crippen LogP contribution < -0.4 is 15.5 Å². The average Bonchev–Trinajstić information content (AvgIpc) is 2.74. The molecule has 1 aliphatic heterocycles. The Morgan fingerprint density at radius 3 is 2.31 bits per heavy atom. The number of hydrogen-bond acceptors (Lipinski definition) is 4. The van der Waals surface area contributed by atoms with E-state index in [-0.39, 0.29) is 36.3 Å². The van der Waals surface area contributed by atoms with Crippen LogP contribution in [0.15, 0.2) is 18.2 Å². The van der Waals surface area contributed by atoms with E-state index >= 15 is 0 Å². The number of nitrogens with zero attached hydrogens (tertiary/aromatic N) is 3. The van der Waals surface area contributed by atoms with Crippen LogP contribution in [0.1, 0.15) is 41.0 Å². The van der Waals surface area contributed by atoms with E-state index in [1.165, 1.54) is 0 Å². The first-order valence-electron chi connectivity index (χ1n) is 11.3. The molecular weight excluding hydrogens is 430 g/mol. The molecule has 1 aliphatic rings. The van der Waals surface area contributed by atoms with Crippen LogP contribution in [-0.2, 0) is 9.59 Å². The van der Waals surface area contributed by atoms with Crippen LogP contribution in [0.2, 0.25) is 5.02 Å². The quantitative estimate of drug-likeness (QED) is 0.616. The Kier molecular flexibility index (Phi) is 9.62. The van der Waals surface area contributed by atoms with Gasteiger partial charge in [0.05, 0.1) is 17.3 Å². The molecule has 0 atom stereocenters. The monoisotopic (exact) mass is 465 g/mol. The maximum atomic E-state index is 12.6. The number of urea groups is 1. The van der Waals surface area contributed by atoms with Crippen molar-refractivity contribution in [1.82, 2.24) is 15.1 Å². The highest BCUT2D eigenvalue weighted by Crippen LogP contribution is 2.28. The number of hydrogen-bond donors (Lipinski definition) is 2. The zero-order valence-electron chi connectivity index (χ0n) is 19.8. The Morgan fingerprint density at radius 2 is 1.75 bits per heavy atom. The summed E-state index contributed by atoms with van der Waals surface area (Å²) in [5, 5.41) is 6.21. The summed E-state index contributed by atoms with van der Waals surface area (Å²) >= 11 is 6.33. The standard InChI is InChI=1S/C23H36ClN5O3/c1-6-9-29(22(31)16(2)3)15-21(30)26-20-14-18(7-8-19(20)24)27-10-12-28(13-11-27)23(32)25-17(4)5/h7-8,14,16-17H,6,9-13,15H2,1-5H3,(H,25,32)(H,26,30). The van der Waals surface area contributed by atoms with Gasteiger partial charge in [-0.1, -0.05) is 32.4 Å². The molecule has 1 heterocycles. The summed E-state index contributed by atoms with van der Waals surface area (Å²) < 4.78 is 0. The summed E-state index contributed by atoms with van der Waals surface area (Å²) in [6.07, 6.45) is 0.781. The van der Waals surface area contributed by atoms with Gasteiger partial charge in [-0.3, -0.25) is 9.59 Å². The van der Waals surface area contributed by atoms with Gasteiger partial charge in [0.15, 0.2) is 0 Å². The molecule has 0 aliphatic carbocycles. The molecule has 178 valence electrons. The maximum Gasteiger partial charge on any atom is 0.317 e. The van der Waals surface area contributed by atoms with E-state index in [1.807, 2.05) is 51.7 Å². The molecule has 0 saturated carbocycles. The summed E-state index contributed by atoms with van der Waals surface area (Å²) in [7, 11) is 0. The summed E-state index contributed by atoms with van der Waals surface area (Å²) in [4.78, 5) is 42.8. The van der Waals surface area contributed by atoms with Crippen LogP contribution in [0, 0.1) is 5.92 Å². The Balaban J connectivity index is 2.01. The molecule has 1 fully saturated rings. The van der Waals surface area contributed by atoms with Gasteiger partial charge in [-0.2, -0.15) is 0 Å². The van der Waals surface area contributed by atoms with E-state index in [9.17, 15) is 14.4 Å². The molecule has 1 aromatic carbocycles. The molecule has 32 heavy (non-hydrogen) atoms. The van der Waals surface area contributed by atoms with Crippen molar-refractivity contribution in [2.75, 3.05) is 49.5 Å². The van der Waals surface area contributed by atoms with Crippen molar-refractivity contribution < 1.29 is 14.4 Å². The second-order valence-corrected chi connectivity index (χ2v) is 9.11. The van der Waals surface area contributed by atoms with E-state index in [2.05, 4.69) is 15.5 Å². The van der Waals surface area contributed by atoms with Crippen LogP contribution in [-0.4, -0.2) is 73.0 Å². The summed E-state index contributed by atoms with van der Waals surface area (Å²) in [5.74, 6) is -0.481. The molecule has 0 spiro atoms. The van der Waals surface area contributed by atoms with Gasteiger partial charge in [0.25, 0.3) is 0 Å². The Bertz CT molecular complexity index is 807. The van der Waals surface area contributed by atoms with Crippen LogP contribution in [0.3, 0.4) is 0 Å². The molecule has 2 rings (SSSR count). The van der Waals surface area contributed by atoms with E-state index in [1.54, 1.807) is 11.0 Å². The Hall–Kier alpha value is -2.48. The fourth-order valence-corrected chi connectivity index (χ4v) is 3.74. The zero-order chi connectivity index (χ0) is 23.8. The normalized spacial score (nSPS) is 14.0. The number of carbonyl (C=O) groups excluding carboxylic acids is 3. The van der Waals surface area contributed by atoms with Crippen molar-refractivity contribution >= 4 is 40.8 Å². The third kappa shape index (κ3) is 7.29. The third-order valence-corrected chi connectivity index (χ3v) is 5.53. The van der Waals surface area contributed by atoms with Gasteiger partial charge in [-0.15, -0.1) is 0 Å². The van der Waals surface area contributed by atoms with Gasteiger partial charge >= 0.3 is 6.03 Å². The first-order valence-corrected chi connectivity index (χ1v) is 11.7. The minimum absolute atomic E-state index is 0.00491. The number of piperazine rings is 1. The van der Waals surface area contributed by atoms with Crippen molar-refractivity contribution in [1.29, 1.82) is 0 Å². The topological polar surface area (TPSA) is 85.0 Å². The Morgan fingerprint density at radius 1 is 1.09 bits per heavy atom. The van der Waals surface area contributed by atoms with Gasteiger partial charge in [0, 0.05) is 50.4 Å². The van der Waals surface area contributed by atoms with Crippen molar-refractivity contribution in [3.63, 3.8) is 0 Å². The lowest BCUT2D eigenvalue weighted by Gasteiger charge is -2.36. The number of rotatable bonds is 8. The zero-order valence-corrected chi connectivity index (χ0v) is 20.5. The highest BCUT2D eigenvalue weighted by atomic mass is 35.5. The second kappa shape index (κ2) is 11.9. The van der Waals surface area contributed by atoms with Crippen molar-refractivity contribution in [2.45, 2.75) is 47.1 Å². The van der Waals surface area contributed by atoms with Gasteiger partial charge in [0.1, 0.15) is 0 Å². The van der Waals surface area contributed by atoms with Crippen LogP contribution in [0.25, 0.3) is 0 Å². The smallest absolute Gasteiger partial charge is 0.317 e. The fourth-order valence-electron chi connectivity index (χ4n) is 3.58. The number of carbonyl (C=O) groups is 3. The van der Waals surface area contributed by atoms with Crippen LogP contribution in [0.5, 0.6) is 0 Å². The molecule has 0 bridgehead atoms. The summed E-state index contributed by atoms with van der Waals surface area (Å²) in [6, 6.07) is 5.57. The lowest BCUT2D eigenvalue weighted by Crippen LogP contribution is -2.52. The predicted molar refractivity (Wildman–Crippen MR) is 129 cm³/mol. The SMILES string of the molecule is CCCN(CC(=O)Nc1cc(N2CCN(C(=O)NC(C)C)CC2)ccc1Cl)C(=O)C(C)C. The fraction of sp³-hybridized carbons (Fsp3) is 0.609. The molecule has 0 aromatic heterocycles. The van der Waals surface area contributed by atoms with Crippen LogP contribution >= 0.6 is 11.6 Å². The Labute approximate surface area is 196 Å². The van der Waals surface area contributed by atoms with Crippen molar-refractivity contribution in [3.05, 3.63) is 23.2 Å². The lowest BCUT2D eigenvalue weighted by molar-refractivity contribution is -0.137. The molecular formula is C23H36ClN5O3. The first-order chi connectivity index (χ1) is 15.1. The molecule has 1 saturated heterocycles. The number of benzene rings is 1. The summed E-state index contributed by atoms with van der Waals surface area (Å²) in [6.45, 7) is 12.7. The number of nitrogens with one attached hydrogen (secondary N) is 2. The third-order valence-electron chi connectivity index (χ3n) is 5.20. The number of anilines is 2. The van der Waals surface area contributed by atoms with Crippen molar-refractivity contribution in [2.24, 2.45) is 5.92 Å². The van der Waals surface area contributed by atoms with Gasteiger partial charge in [-0.05, 0) is 38.5 Å². The van der Waals surface area contributed by atoms with E-state index in [0.29, 0.717) is 43.4 Å². The van der Waals surface area contributed by atoms with E-state index < -0.39 is 0 Å². The predicted octanol–water partition coefficient (Wildman–Crippen LogP) is 3.41.